The molecule has 0 atom stereocenters. The van der Waals surface area contributed by atoms with E-state index in [1.54, 1.807) is 0 Å². The number of benzene rings is 1. The summed E-state index contributed by atoms with van der Waals surface area (Å²) in [5.41, 5.74) is 1.12. The van der Waals surface area contributed by atoms with Crippen molar-refractivity contribution in [2.24, 2.45) is 0 Å². The van der Waals surface area contributed by atoms with Crippen LogP contribution in [-0.4, -0.2) is 10.4 Å². The molecule has 0 saturated heterocycles. The lowest BCUT2D eigenvalue weighted by atomic mass is 10.1. The van der Waals surface area contributed by atoms with E-state index in [1.165, 1.54) is 36.5 Å². The molecule has 2 aromatic rings. The van der Waals surface area contributed by atoms with Crippen LogP contribution in [0.1, 0.15) is 17.7 Å². The van der Waals surface area contributed by atoms with Gasteiger partial charge in [-0.15, -0.1) is 0 Å². The Balaban J connectivity index is 1.78. The fourth-order valence-corrected chi connectivity index (χ4v) is 2.45. The Morgan fingerprint density at radius 1 is 1.17 bits per heavy atom. The largest absolute Gasteiger partial charge is 0.309 e. The fraction of sp³-hybridized carbons (Fsp3) is 0.308. The van der Waals surface area contributed by atoms with Crippen molar-refractivity contribution in [1.29, 1.82) is 0 Å². The standard InChI is InChI=1S/C13H12F2N2S/c14-9-3-8(4-10(15)5-9)13-6-12(18-17-13)7-16-11-1-2-11/h3-6,11,16H,1-2,7H2. The normalized spacial score (nSPS) is 15.0. The molecule has 1 aliphatic carbocycles. The Kier molecular flexibility index (Phi) is 3.09. The Hall–Kier alpha value is -1.33. The second-order valence-electron chi connectivity index (χ2n) is 4.49. The summed E-state index contributed by atoms with van der Waals surface area (Å²) >= 11 is 1.37. The summed E-state index contributed by atoms with van der Waals surface area (Å²) in [7, 11) is 0. The first-order chi connectivity index (χ1) is 8.70. The molecule has 1 aliphatic rings. The number of hydrogen-bond acceptors (Lipinski definition) is 3. The predicted octanol–water partition coefficient (Wildman–Crippen LogP) is 3.34. The molecule has 0 amide bonds. The monoisotopic (exact) mass is 266 g/mol. The Bertz CT molecular complexity index is 544. The highest BCUT2D eigenvalue weighted by Crippen LogP contribution is 2.25. The zero-order chi connectivity index (χ0) is 12.5. The van der Waals surface area contributed by atoms with Crippen LogP contribution in [0, 0.1) is 11.6 Å². The number of hydrogen-bond donors (Lipinski definition) is 1. The van der Waals surface area contributed by atoms with Crippen LogP contribution >= 0.6 is 11.5 Å². The molecule has 2 nitrogen and oxygen atoms in total. The molecule has 3 rings (SSSR count). The van der Waals surface area contributed by atoms with Crippen LogP contribution in [0.5, 0.6) is 0 Å². The molecule has 5 heteroatoms. The van der Waals surface area contributed by atoms with Gasteiger partial charge in [0.1, 0.15) is 11.6 Å². The maximum Gasteiger partial charge on any atom is 0.126 e. The van der Waals surface area contributed by atoms with Crippen molar-refractivity contribution in [1.82, 2.24) is 9.69 Å². The zero-order valence-corrected chi connectivity index (χ0v) is 10.4. The van der Waals surface area contributed by atoms with Gasteiger partial charge in [-0.2, -0.15) is 4.37 Å². The molecular formula is C13H12F2N2S. The highest BCUT2D eigenvalue weighted by Gasteiger charge is 2.20. The van der Waals surface area contributed by atoms with Crippen molar-refractivity contribution >= 4 is 11.5 Å². The topological polar surface area (TPSA) is 24.9 Å². The minimum absolute atomic E-state index is 0.487. The first-order valence-corrected chi connectivity index (χ1v) is 6.63. The summed E-state index contributed by atoms with van der Waals surface area (Å²) < 4.78 is 30.4. The molecule has 0 spiro atoms. The summed E-state index contributed by atoms with van der Waals surface area (Å²) in [6.07, 6.45) is 2.47. The number of aromatic nitrogens is 1. The van der Waals surface area contributed by atoms with Crippen LogP contribution in [0.4, 0.5) is 8.78 Å². The first kappa shape index (κ1) is 11.7. The summed E-state index contributed by atoms with van der Waals surface area (Å²) in [5, 5.41) is 3.38. The summed E-state index contributed by atoms with van der Waals surface area (Å²) in [6.45, 7) is 0.778. The average Bonchev–Trinajstić information content (AvgIpc) is 3.02. The highest BCUT2D eigenvalue weighted by atomic mass is 32.1. The third-order valence-corrected chi connectivity index (χ3v) is 3.64. The van der Waals surface area contributed by atoms with E-state index >= 15 is 0 Å². The Labute approximate surface area is 108 Å². The van der Waals surface area contributed by atoms with Gasteiger partial charge in [0.25, 0.3) is 0 Å². The third-order valence-electron chi connectivity index (χ3n) is 2.86. The molecule has 94 valence electrons. The lowest BCUT2D eigenvalue weighted by Gasteiger charge is -1.98. The second-order valence-corrected chi connectivity index (χ2v) is 5.38. The number of nitrogens with one attached hydrogen (secondary N) is 1. The first-order valence-electron chi connectivity index (χ1n) is 5.86. The smallest absolute Gasteiger partial charge is 0.126 e. The molecule has 0 bridgehead atoms. The Morgan fingerprint density at radius 3 is 2.56 bits per heavy atom. The molecule has 0 aliphatic heterocycles. The van der Waals surface area contributed by atoms with Crippen molar-refractivity contribution in [3.8, 4) is 11.3 Å². The van der Waals surface area contributed by atoms with Crippen LogP contribution in [0.3, 0.4) is 0 Å². The summed E-state index contributed by atoms with van der Waals surface area (Å²) in [4.78, 5) is 1.08. The molecule has 1 N–H and O–H groups in total. The summed E-state index contributed by atoms with van der Waals surface area (Å²) in [5.74, 6) is -1.15. The number of halogens is 2. The molecule has 0 radical (unpaired) electrons. The number of nitrogens with zero attached hydrogens (tertiary/aromatic N) is 1. The van der Waals surface area contributed by atoms with E-state index in [9.17, 15) is 8.78 Å². The minimum Gasteiger partial charge on any atom is -0.309 e. The van der Waals surface area contributed by atoms with Gasteiger partial charge in [-0.1, -0.05) is 0 Å². The van der Waals surface area contributed by atoms with Crippen molar-refractivity contribution < 1.29 is 8.78 Å². The van der Waals surface area contributed by atoms with Gasteiger partial charge in [0.15, 0.2) is 0 Å². The van der Waals surface area contributed by atoms with E-state index in [0.29, 0.717) is 17.3 Å². The molecule has 1 heterocycles. The quantitative estimate of drug-likeness (QED) is 0.918. The molecule has 1 aromatic carbocycles. The minimum atomic E-state index is -0.573. The van der Waals surface area contributed by atoms with Gasteiger partial charge >= 0.3 is 0 Å². The second kappa shape index (κ2) is 4.74. The van der Waals surface area contributed by atoms with E-state index in [1.807, 2.05) is 6.07 Å². The van der Waals surface area contributed by atoms with Crippen molar-refractivity contribution in [3.63, 3.8) is 0 Å². The number of rotatable bonds is 4. The lowest BCUT2D eigenvalue weighted by molar-refractivity contribution is 0.584. The van der Waals surface area contributed by atoms with Gasteiger partial charge in [0.2, 0.25) is 0 Å². The van der Waals surface area contributed by atoms with Crippen LogP contribution in [0.15, 0.2) is 24.3 Å². The van der Waals surface area contributed by atoms with Gasteiger partial charge in [0.05, 0.1) is 5.69 Å². The van der Waals surface area contributed by atoms with Crippen LogP contribution in [0.25, 0.3) is 11.3 Å². The van der Waals surface area contributed by atoms with Crippen molar-refractivity contribution in [2.75, 3.05) is 0 Å². The zero-order valence-electron chi connectivity index (χ0n) is 9.62. The van der Waals surface area contributed by atoms with Gasteiger partial charge in [-0.3, -0.25) is 0 Å². The lowest BCUT2D eigenvalue weighted by Crippen LogP contribution is -2.14. The predicted molar refractivity (Wildman–Crippen MR) is 67.3 cm³/mol. The molecular weight excluding hydrogens is 254 g/mol. The maximum absolute atomic E-state index is 13.1. The van der Waals surface area contributed by atoms with Gasteiger partial charge in [-0.25, -0.2) is 8.78 Å². The third kappa shape index (κ3) is 2.73. The molecule has 1 aromatic heterocycles. The van der Waals surface area contributed by atoms with Crippen LogP contribution < -0.4 is 5.32 Å². The van der Waals surface area contributed by atoms with E-state index in [4.69, 9.17) is 0 Å². The SMILES string of the molecule is Fc1cc(F)cc(-c2cc(CNC3CC3)sn2)c1. The molecule has 0 unspecified atom stereocenters. The average molecular weight is 266 g/mol. The van der Waals surface area contributed by atoms with Gasteiger partial charge in [0, 0.05) is 29.1 Å². The van der Waals surface area contributed by atoms with E-state index in [0.717, 1.165) is 17.5 Å². The molecule has 1 saturated carbocycles. The highest BCUT2D eigenvalue weighted by molar-refractivity contribution is 7.06. The molecule has 18 heavy (non-hydrogen) atoms. The maximum atomic E-state index is 13.1. The molecule has 1 fully saturated rings. The van der Waals surface area contributed by atoms with E-state index in [2.05, 4.69) is 9.69 Å². The van der Waals surface area contributed by atoms with E-state index < -0.39 is 11.6 Å². The van der Waals surface area contributed by atoms with Gasteiger partial charge in [-0.05, 0) is 42.6 Å². The van der Waals surface area contributed by atoms with Crippen molar-refractivity contribution in [2.45, 2.75) is 25.4 Å². The van der Waals surface area contributed by atoms with Crippen LogP contribution in [0.2, 0.25) is 0 Å². The Morgan fingerprint density at radius 2 is 1.89 bits per heavy atom. The van der Waals surface area contributed by atoms with E-state index in [-0.39, 0.29) is 0 Å². The summed E-state index contributed by atoms with van der Waals surface area (Å²) in [6, 6.07) is 5.99. The van der Waals surface area contributed by atoms with Gasteiger partial charge < -0.3 is 5.32 Å². The van der Waals surface area contributed by atoms with Crippen LogP contribution in [-0.2, 0) is 6.54 Å². The van der Waals surface area contributed by atoms with Crippen molar-refractivity contribution in [3.05, 3.63) is 40.8 Å². The fourth-order valence-electron chi connectivity index (χ4n) is 1.77.